The van der Waals surface area contributed by atoms with E-state index < -0.39 is 27.9 Å². The minimum absolute atomic E-state index is 0.0736. The zero-order valence-electron chi connectivity index (χ0n) is 16.9. The van der Waals surface area contributed by atoms with Gasteiger partial charge in [-0.05, 0) is 23.8 Å². The van der Waals surface area contributed by atoms with Crippen molar-refractivity contribution < 1.29 is 27.5 Å². The quantitative estimate of drug-likeness (QED) is 0.592. The van der Waals surface area contributed by atoms with Crippen LogP contribution in [0.25, 0.3) is 0 Å². The van der Waals surface area contributed by atoms with Crippen molar-refractivity contribution in [3.63, 3.8) is 0 Å². The van der Waals surface area contributed by atoms with Crippen molar-refractivity contribution in [1.29, 1.82) is 0 Å². The Morgan fingerprint density at radius 2 is 1.90 bits per heavy atom. The Morgan fingerprint density at radius 1 is 1.16 bits per heavy atom. The fourth-order valence-corrected chi connectivity index (χ4v) is 4.64. The first-order chi connectivity index (χ1) is 14.8. The molecule has 1 heterocycles. The Labute approximate surface area is 180 Å². The van der Waals surface area contributed by atoms with Crippen molar-refractivity contribution >= 4 is 27.8 Å². The van der Waals surface area contributed by atoms with Gasteiger partial charge in [-0.25, -0.2) is 13.2 Å². The molecular formula is C21H23N3O6S. The molecule has 2 aromatic carbocycles. The maximum atomic E-state index is 12.9. The van der Waals surface area contributed by atoms with Crippen LogP contribution in [0, 0.1) is 0 Å². The van der Waals surface area contributed by atoms with Gasteiger partial charge in [-0.3, -0.25) is 9.59 Å². The lowest BCUT2D eigenvalue weighted by molar-refractivity contribution is -0.142. The number of hydrogen-bond acceptors (Lipinski definition) is 6. The molecule has 2 aromatic rings. The summed E-state index contributed by atoms with van der Waals surface area (Å²) in [4.78, 5) is 36.4. The highest BCUT2D eigenvalue weighted by Crippen LogP contribution is 2.18. The number of sulfonamides is 1. The first-order valence-electron chi connectivity index (χ1n) is 9.61. The third-order valence-electron chi connectivity index (χ3n) is 4.81. The zero-order valence-corrected chi connectivity index (χ0v) is 17.7. The second-order valence-corrected chi connectivity index (χ2v) is 8.89. The van der Waals surface area contributed by atoms with Gasteiger partial charge in [0.05, 0.1) is 18.6 Å². The van der Waals surface area contributed by atoms with Crippen LogP contribution in [0.4, 0.5) is 0 Å². The fourth-order valence-electron chi connectivity index (χ4n) is 3.19. The van der Waals surface area contributed by atoms with Gasteiger partial charge in [-0.15, -0.1) is 0 Å². The van der Waals surface area contributed by atoms with Crippen LogP contribution in [0.3, 0.4) is 0 Å². The van der Waals surface area contributed by atoms with Crippen molar-refractivity contribution in [1.82, 2.24) is 14.9 Å². The van der Waals surface area contributed by atoms with Crippen LogP contribution in [0.5, 0.6) is 0 Å². The monoisotopic (exact) mass is 445 g/mol. The standard InChI is InChI=1S/C21H23N3O6S/c1-30-21(27)18(12-15-6-3-2-4-7-15)23-20(26)16-8-5-9-17(13-16)31(28,29)24-11-10-22-19(25)14-24/h2-9,13,18H,10-12,14H2,1H3,(H,22,25)(H,23,26)/t18-/m0/s1. The van der Waals surface area contributed by atoms with E-state index in [0.29, 0.717) is 0 Å². The lowest BCUT2D eigenvalue weighted by atomic mass is 10.1. The highest BCUT2D eigenvalue weighted by molar-refractivity contribution is 7.89. The average molecular weight is 445 g/mol. The second-order valence-electron chi connectivity index (χ2n) is 6.96. The highest BCUT2D eigenvalue weighted by atomic mass is 32.2. The topological polar surface area (TPSA) is 122 Å². The van der Waals surface area contributed by atoms with E-state index >= 15 is 0 Å². The number of rotatable bonds is 7. The summed E-state index contributed by atoms with van der Waals surface area (Å²) in [5.41, 5.74) is 0.905. The van der Waals surface area contributed by atoms with Crippen LogP contribution in [0.15, 0.2) is 59.5 Å². The van der Waals surface area contributed by atoms with Crippen molar-refractivity contribution in [3.8, 4) is 0 Å². The highest BCUT2D eigenvalue weighted by Gasteiger charge is 2.30. The number of esters is 1. The third-order valence-corrected chi connectivity index (χ3v) is 6.65. The van der Waals surface area contributed by atoms with Crippen LogP contribution in [0.1, 0.15) is 15.9 Å². The first kappa shape index (κ1) is 22.4. The SMILES string of the molecule is COC(=O)[C@H](Cc1ccccc1)NC(=O)c1cccc(S(=O)(=O)N2CCNC(=O)C2)c1. The molecule has 0 aliphatic carbocycles. The van der Waals surface area contributed by atoms with Gasteiger partial charge in [0.25, 0.3) is 5.91 Å². The minimum atomic E-state index is -3.95. The number of amides is 2. The van der Waals surface area contributed by atoms with Gasteiger partial charge in [-0.1, -0.05) is 36.4 Å². The molecular weight excluding hydrogens is 422 g/mol. The number of piperazine rings is 1. The summed E-state index contributed by atoms with van der Waals surface area (Å²) in [6.07, 6.45) is 0.222. The molecule has 10 heteroatoms. The molecule has 1 aliphatic heterocycles. The minimum Gasteiger partial charge on any atom is -0.467 e. The maximum absolute atomic E-state index is 12.9. The molecule has 1 aliphatic rings. The van der Waals surface area contributed by atoms with E-state index in [1.165, 1.54) is 31.4 Å². The van der Waals surface area contributed by atoms with E-state index in [2.05, 4.69) is 10.6 Å². The largest absolute Gasteiger partial charge is 0.467 e. The average Bonchev–Trinajstić information content (AvgIpc) is 2.78. The third kappa shape index (κ3) is 5.47. The van der Waals surface area contributed by atoms with Gasteiger partial charge < -0.3 is 15.4 Å². The van der Waals surface area contributed by atoms with Crippen LogP contribution < -0.4 is 10.6 Å². The van der Waals surface area contributed by atoms with Gasteiger partial charge in [0.2, 0.25) is 15.9 Å². The summed E-state index contributed by atoms with van der Waals surface area (Å²) < 4.78 is 31.6. The van der Waals surface area contributed by atoms with Crippen molar-refractivity contribution in [2.75, 3.05) is 26.7 Å². The smallest absolute Gasteiger partial charge is 0.328 e. The summed E-state index contributed by atoms with van der Waals surface area (Å²) in [5.74, 6) is -1.61. The number of nitrogens with one attached hydrogen (secondary N) is 2. The molecule has 1 atom stereocenters. The number of carbonyl (C=O) groups is 3. The molecule has 0 bridgehead atoms. The predicted octanol–water partition coefficient (Wildman–Crippen LogP) is 0.321. The summed E-state index contributed by atoms with van der Waals surface area (Å²) in [7, 11) is -2.72. The summed E-state index contributed by atoms with van der Waals surface area (Å²) in [5, 5.41) is 5.18. The lowest BCUT2D eigenvalue weighted by Crippen LogP contribution is -2.49. The molecule has 2 N–H and O–H groups in total. The molecule has 3 rings (SSSR count). The van der Waals surface area contributed by atoms with E-state index in [0.717, 1.165) is 9.87 Å². The Balaban J connectivity index is 1.79. The number of nitrogens with zero attached hydrogens (tertiary/aromatic N) is 1. The Kier molecular flexibility index (Phi) is 7.03. The van der Waals surface area contributed by atoms with Gasteiger partial charge >= 0.3 is 5.97 Å². The molecule has 0 unspecified atom stereocenters. The summed E-state index contributed by atoms with van der Waals surface area (Å²) in [6, 6.07) is 13.7. The molecule has 1 fully saturated rings. The molecule has 9 nitrogen and oxygen atoms in total. The zero-order chi connectivity index (χ0) is 22.4. The van der Waals surface area contributed by atoms with E-state index in [-0.39, 0.29) is 42.4 Å². The Bertz CT molecular complexity index is 1070. The lowest BCUT2D eigenvalue weighted by Gasteiger charge is -2.26. The molecule has 0 spiro atoms. The van der Waals surface area contributed by atoms with E-state index in [1.54, 1.807) is 0 Å². The van der Waals surface area contributed by atoms with Gasteiger partial charge in [0.1, 0.15) is 6.04 Å². The van der Waals surface area contributed by atoms with E-state index in [1.807, 2.05) is 30.3 Å². The normalized spacial score (nSPS) is 15.6. The van der Waals surface area contributed by atoms with Gasteiger partial charge in [-0.2, -0.15) is 4.31 Å². The van der Waals surface area contributed by atoms with Crippen molar-refractivity contribution in [3.05, 3.63) is 65.7 Å². The van der Waals surface area contributed by atoms with Crippen LogP contribution in [0.2, 0.25) is 0 Å². The maximum Gasteiger partial charge on any atom is 0.328 e. The second kappa shape index (κ2) is 9.71. The molecule has 0 aromatic heterocycles. The van der Waals surface area contributed by atoms with E-state index in [4.69, 9.17) is 4.74 Å². The van der Waals surface area contributed by atoms with Gasteiger partial charge in [0.15, 0.2) is 0 Å². The van der Waals surface area contributed by atoms with Crippen molar-refractivity contribution in [2.24, 2.45) is 0 Å². The molecule has 1 saturated heterocycles. The number of benzene rings is 2. The van der Waals surface area contributed by atoms with Crippen LogP contribution >= 0.6 is 0 Å². The van der Waals surface area contributed by atoms with Gasteiger partial charge in [0, 0.05) is 25.1 Å². The van der Waals surface area contributed by atoms with Crippen LogP contribution in [-0.4, -0.2) is 63.3 Å². The molecule has 31 heavy (non-hydrogen) atoms. The van der Waals surface area contributed by atoms with Crippen molar-refractivity contribution in [2.45, 2.75) is 17.4 Å². The number of hydrogen-bond donors (Lipinski definition) is 2. The number of ether oxygens (including phenoxy) is 1. The first-order valence-corrected chi connectivity index (χ1v) is 11.0. The Morgan fingerprint density at radius 3 is 2.58 bits per heavy atom. The van der Waals surface area contributed by atoms with Crippen LogP contribution in [-0.2, 0) is 30.8 Å². The summed E-state index contributed by atoms with van der Waals surface area (Å²) >= 11 is 0. The summed E-state index contributed by atoms with van der Waals surface area (Å²) in [6.45, 7) is 0.0881. The number of methoxy groups -OCH3 is 1. The van der Waals surface area contributed by atoms with E-state index in [9.17, 15) is 22.8 Å². The number of carbonyl (C=O) groups excluding carboxylic acids is 3. The molecule has 0 saturated carbocycles. The molecule has 0 radical (unpaired) electrons. The fraction of sp³-hybridized carbons (Fsp3) is 0.286. The Hall–Kier alpha value is -3.24. The molecule has 164 valence electrons. The molecule has 2 amide bonds. The predicted molar refractivity (Wildman–Crippen MR) is 112 cm³/mol.